The minimum atomic E-state index is -5.57. The number of ketones is 1. The molecule has 77 heavy (non-hydrogen) atoms. The Labute approximate surface area is 439 Å². The smallest absolute Gasteiger partial charge is 0.396 e. The number of Topliss-reactive ketones (excluding diaryl/α,β-unsaturated/α-hetero) is 1. The lowest BCUT2D eigenvalue weighted by Crippen LogP contribution is -2.29. The standard InChI is InChI=1S/C37H31ClN10O22S7/c38-35-42-36(40-18-3-1-4-20(15-18)71(50,51)12-11-70-77(67,68)69)44-37(43-35)41-19-7-10-26(73(55,56)57)24(16-19)46-47-31-27(74(58,59)60)13-17-14-28(75(61,62)63)32(33(49)29(17)30(31)39)48-45-23-9-8-21-22(34(23)76(64,65)66)5-2-6-25(21)72(52,53)54/h1-10,13-16,45-47H,11-12,39H2,(H,52,53,54)(H,55,56,57)(H,58,59,60)(H,61,62,63)(H,64,65,66)(H,67,68,69)(H2,40,41,42,43,44)/b48-32-. The minimum Gasteiger partial charge on any atom is -0.396 e. The molecular weight excluding hydrogens is 1200 g/mol. The molecule has 1 aromatic heterocycles. The molecule has 0 amide bonds. The first kappa shape index (κ1) is 57.6. The summed E-state index contributed by atoms with van der Waals surface area (Å²) in [6.45, 7) is -0.917. The summed E-state index contributed by atoms with van der Waals surface area (Å²) in [4.78, 5) is 20.3. The van der Waals surface area contributed by atoms with Gasteiger partial charge in [-0.2, -0.15) is 70.6 Å². The molecule has 1 heterocycles. The van der Waals surface area contributed by atoms with Crippen LogP contribution in [0.5, 0.6) is 0 Å². The lowest BCUT2D eigenvalue weighted by Gasteiger charge is -2.23. The van der Waals surface area contributed by atoms with E-state index in [2.05, 4.69) is 45.7 Å². The molecule has 5 aromatic carbocycles. The summed E-state index contributed by atoms with van der Waals surface area (Å²) < 4.78 is 236. The molecule has 0 saturated carbocycles. The fraction of sp³-hybridized carbons (Fsp3) is 0.0541. The Balaban J connectivity index is 1.23. The van der Waals surface area contributed by atoms with Crippen molar-refractivity contribution in [1.29, 1.82) is 0 Å². The number of hydrogen-bond donors (Lipinski definition) is 12. The summed E-state index contributed by atoms with van der Waals surface area (Å²) in [5, 5.41) is 7.45. The highest BCUT2D eigenvalue weighted by Gasteiger charge is 2.37. The zero-order chi connectivity index (χ0) is 57.0. The Kier molecular flexibility index (Phi) is 15.5. The number of benzene rings is 5. The van der Waals surface area contributed by atoms with Gasteiger partial charge in [-0.1, -0.05) is 24.3 Å². The molecule has 1 aliphatic rings. The first-order valence-electron chi connectivity index (χ1n) is 20.0. The number of sulfone groups is 1. The third kappa shape index (κ3) is 13.2. The second kappa shape index (κ2) is 20.7. The van der Waals surface area contributed by atoms with Crippen LogP contribution >= 0.6 is 11.6 Å². The van der Waals surface area contributed by atoms with E-state index in [9.17, 15) is 86.5 Å². The van der Waals surface area contributed by atoms with Crippen molar-refractivity contribution in [2.24, 2.45) is 5.10 Å². The maximum atomic E-state index is 14.2. The molecule has 0 saturated heterocycles. The van der Waals surface area contributed by atoms with Gasteiger partial charge in [0, 0.05) is 22.1 Å². The van der Waals surface area contributed by atoms with Crippen molar-refractivity contribution in [3.05, 3.63) is 100 Å². The van der Waals surface area contributed by atoms with Crippen LogP contribution < -0.4 is 32.6 Å². The number of rotatable bonds is 19. The lowest BCUT2D eigenvalue weighted by molar-refractivity contribution is 0.106. The molecule has 0 aliphatic heterocycles. The highest BCUT2D eigenvalue weighted by Crippen LogP contribution is 2.40. The van der Waals surface area contributed by atoms with Gasteiger partial charge < -0.3 is 16.4 Å². The van der Waals surface area contributed by atoms with Crippen molar-refractivity contribution in [3.8, 4) is 0 Å². The van der Waals surface area contributed by atoms with E-state index in [-0.39, 0.29) is 22.2 Å². The van der Waals surface area contributed by atoms with Crippen molar-refractivity contribution in [2.45, 2.75) is 24.5 Å². The van der Waals surface area contributed by atoms with Crippen LogP contribution in [0, 0.1) is 0 Å². The molecular formula is C37H31ClN10O22S7. The van der Waals surface area contributed by atoms with E-state index in [4.69, 9.17) is 21.9 Å². The molecule has 13 N–H and O–H groups in total. The number of aromatic nitrogens is 3. The summed E-state index contributed by atoms with van der Waals surface area (Å²) in [5.41, 5.74) is 6.40. The van der Waals surface area contributed by atoms with E-state index in [1.165, 1.54) is 12.1 Å². The number of nitrogens with zero attached hydrogens (tertiary/aromatic N) is 4. The third-order valence-electron chi connectivity index (χ3n) is 10.2. The Morgan fingerprint density at radius 2 is 1.22 bits per heavy atom. The van der Waals surface area contributed by atoms with E-state index in [1.807, 2.05) is 5.43 Å². The highest BCUT2D eigenvalue weighted by atomic mass is 35.5. The van der Waals surface area contributed by atoms with Gasteiger partial charge in [-0.05, 0) is 77.8 Å². The first-order valence-corrected chi connectivity index (χ1v) is 30.6. The normalized spacial score (nSPS) is 14.2. The van der Waals surface area contributed by atoms with Gasteiger partial charge in [-0.25, -0.2) is 12.6 Å². The zero-order valence-electron chi connectivity index (χ0n) is 37.3. The maximum absolute atomic E-state index is 14.2. The molecule has 1 aliphatic carbocycles. The van der Waals surface area contributed by atoms with Crippen molar-refractivity contribution in [2.75, 3.05) is 45.0 Å². The van der Waals surface area contributed by atoms with Crippen LogP contribution in [0.25, 0.3) is 16.8 Å². The van der Waals surface area contributed by atoms with Crippen LogP contribution in [0.15, 0.2) is 113 Å². The van der Waals surface area contributed by atoms with E-state index in [1.54, 1.807) is 0 Å². The van der Waals surface area contributed by atoms with Gasteiger partial charge in [-0.15, -0.1) is 0 Å². The SMILES string of the molecule is Nc1c(NNc2cc(Nc3nc(Cl)nc(Nc4cccc(S(=O)(=O)CCOS(=O)(=O)O)c4)n3)ccc2S(=O)(=O)O)c(S(=O)(=O)O)cc2c1C(=O)/C(=N\Nc1ccc3c(S(=O)(=O)O)cccc3c1S(=O)(=O)O)C(S(=O)(=O)O)=C2. The van der Waals surface area contributed by atoms with E-state index in [0.717, 1.165) is 60.7 Å². The predicted octanol–water partition coefficient (Wildman–Crippen LogP) is 2.66. The average molecular weight is 1230 g/mol. The molecule has 6 aromatic rings. The molecule has 0 unspecified atom stereocenters. The number of fused-ring (bicyclic) bond motifs is 2. The van der Waals surface area contributed by atoms with Crippen molar-refractivity contribution in [1.82, 2.24) is 15.0 Å². The van der Waals surface area contributed by atoms with E-state index < -0.39 is 175 Å². The predicted molar refractivity (Wildman–Crippen MR) is 270 cm³/mol. The van der Waals surface area contributed by atoms with Crippen molar-refractivity contribution >= 4 is 157 Å². The van der Waals surface area contributed by atoms with E-state index in [0.29, 0.717) is 12.1 Å². The molecule has 0 radical (unpaired) electrons. The molecule has 410 valence electrons. The number of nitrogens with two attached hydrogens (primary N) is 1. The number of nitrogen functional groups attached to an aromatic ring is 1. The number of nitrogens with one attached hydrogen (secondary N) is 5. The summed E-state index contributed by atoms with van der Waals surface area (Å²) >= 11 is 6.11. The van der Waals surface area contributed by atoms with Gasteiger partial charge >= 0.3 is 10.4 Å². The number of hydrazone groups is 1. The van der Waals surface area contributed by atoms with Crippen molar-refractivity contribution in [3.63, 3.8) is 0 Å². The number of carbonyl (C=O) groups excluding carboxylic acids is 1. The zero-order valence-corrected chi connectivity index (χ0v) is 43.8. The fourth-order valence-corrected chi connectivity index (χ4v) is 12.3. The third-order valence-corrected chi connectivity index (χ3v) is 17.0. The minimum absolute atomic E-state index is 0.0315. The van der Waals surface area contributed by atoms with Gasteiger partial charge in [-0.3, -0.25) is 48.4 Å². The second-order valence-electron chi connectivity index (χ2n) is 15.3. The molecule has 0 spiro atoms. The van der Waals surface area contributed by atoms with Gasteiger partial charge in [0.2, 0.25) is 23.0 Å². The number of hydrogen-bond acceptors (Lipinski definition) is 26. The van der Waals surface area contributed by atoms with Gasteiger partial charge in [0.05, 0.1) is 45.6 Å². The quantitative estimate of drug-likeness (QED) is 0.0315. The van der Waals surface area contributed by atoms with Crippen LogP contribution in [-0.2, 0) is 75.0 Å². The molecule has 0 atom stereocenters. The van der Waals surface area contributed by atoms with Gasteiger partial charge in [0.25, 0.3) is 50.6 Å². The number of allylic oxidation sites excluding steroid dienone is 1. The average Bonchev–Trinajstić information content (AvgIpc) is 3.28. The molecule has 0 fully saturated rings. The highest BCUT2D eigenvalue weighted by molar-refractivity contribution is 7.91. The number of hydrazine groups is 1. The monoisotopic (exact) mass is 1230 g/mol. The second-order valence-corrected chi connectivity index (χ2v) is 25.7. The number of carbonyl (C=O) groups is 1. The summed E-state index contributed by atoms with van der Waals surface area (Å²) in [5.74, 6) is -3.18. The van der Waals surface area contributed by atoms with Crippen LogP contribution in [-0.4, -0.2) is 125 Å². The fourth-order valence-electron chi connectivity index (χ4n) is 7.06. The number of anilines is 8. The first-order chi connectivity index (χ1) is 35.4. The summed E-state index contributed by atoms with van der Waals surface area (Å²) in [6.07, 6.45) is 0.453. The molecule has 7 rings (SSSR count). The molecule has 40 heteroatoms. The Hall–Kier alpha value is -7.09. The maximum Gasteiger partial charge on any atom is 0.397 e. The Morgan fingerprint density at radius 3 is 1.81 bits per heavy atom. The van der Waals surface area contributed by atoms with Crippen LogP contribution in [0.2, 0.25) is 5.28 Å². The Morgan fingerprint density at radius 1 is 0.610 bits per heavy atom. The number of halogens is 1. The molecule has 32 nitrogen and oxygen atoms in total. The van der Waals surface area contributed by atoms with Gasteiger partial charge in [0.15, 0.2) is 15.5 Å². The van der Waals surface area contributed by atoms with E-state index >= 15 is 0 Å². The van der Waals surface area contributed by atoms with Crippen LogP contribution in [0.4, 0.5) is 46.0 Å². The Bertz CT molecular complexity index is 4410. The topological polar surface area (TPSA) is 524 Å². The summed E-state index contributed by atoms with van der Waals surface area (Å²) in [7, 11) is -35.8. The molecule has 0 bridgehead atoms. The van der Waals surface area contributed by atoms with Crippen LogP contribution in [0.3, 0.4) is 0 Å². The van der Waals surface area contributed by atoms with Gasteiger partial charge in [0.1, 0.15) is 24.5 Å². The lowest BCUT2D eigenvalue weighted by atomic mass is 9.92. The largest absolute Gasteiger partial charge is 0.397 e. The van der Waals surface area contributed by atoms with Crippen LogP contribution in [0.1, 0.15) is 15.9 Å². The summed E-state index contributed by atoms with van der Waals surface area (Å²) in [6, 6.07) is 12.7. The van der Waals surface area contributed by atoms with Crippen molar-refractivity contribution < 1.29 is 95.2 Å².